The van der Waals surface area contributed by atoms with E-state index in [0.717, 1.165) is 39.0 Å². The molecule has 2 aliphatic heterocycles. The van der Waals surface area contributed by atoms with Gasteiger partial charge in [-0.25, -0.2) is 0 Å². The predicted molar refractivity (Wildman–Crippen MR) is 88.6 cm³/mol. The van der Waals surface area contributed by atoms with Gasteiger partial charge in [0.1, 0.15) is 12.3 Å². The molecule has 0 saturated carbocycles. The number of nitrogens with one attached hydrogen (secondary N) is 2. The largest absolute Gasteiger partial charge is 0.472 e. The average molecular weight is 342 g/mol. The lowest BCUT2D eigenvalue weighted by Crippen LogP contribution is -2.51. The highest BCUT2D eigenvalue weighted by Crippen LogP contribution is 2.36. The first-order chi connectivity index (χ1) is 10.6. The summed E-state index contributed by atoms with van der Waals surface area (Å²) < 4.78 is 4.89. The summed E-state index contributed by atoms with van der Waals surface area (Å²) in [6.45, 7) is 5.47. The normalized spacial score (nSPS) is 20.8. The Labute approximate surface area is 142 Å². The lowest BCUT2D eigenvalue weighted by molar-refractivity contribution is -0.135. The molecular formula is C16H24ClN3O3. The number of nitrogens with zero attached hydrogens (tertiary/aromatic N) is 1. The van der Waals surface area contributed by atoms with E-state index in [4.69, 9.17) is 4.42 Å². The topological polar surface area (TPSA) is 74.6 Å². The van der Waals surface area contributed by atoms with Gasteiger partial charge in [0.05, 0.1) is 11.8 Å². The molecular weight excluding hydrogens is 318 g/mol. The molecule has 0 aromatic carbocycles. The molecule has 128 valence electrons. The Balaban J connectivity index is 0.00000192. The number of halogens is 1. The van der Waals surface area contributed by atoms with Crippen molar-refractivity contribution < 1.29 is 14.0 Å². The van der Waals surface area contributed by atoms with Gasteiger partial charge in [0.2, 0.25) is 5.91 Å². The van der Waals surface area contributed by atoms with Gasteiger partial charge in [0.25, 0.3) is 5.91 Å². The van der Waals surface area contributed by atoms with Gasteiger partial charge in [0.15, 0.2) is 0 Å². The molecule has 3 heterocycles. The van der Waals surface area contributed by atoms with Crippen molar-refractivity contribution in [3.63, 3.8) is 0 Å². The van der Waals surface area contributed by atoms with Crippen molar-refractivity contribution >= 4 is 24.2 Å². The van der Waals surface area contributed by atoms with E-state index in [9.17, 15) is 9.59 Å². The van der Waals surface area contributed by atoms with Gasteiger partial charge in [0, 0.05) is 19.6 Å². The van der Waals surface area contributed by atoms with Crippen LogP contribution in [0.4, 0.5) is 0 Å². The van der Waals surface area contributed by atoms with Crippen LogP contribution in [0.5, 0.6) is 0 Å². The van der Waals surface area contributed by atoms with Gasteiger partial charge < -0.3 is 20.0 Å². The van der Waals surface area contributed by atoms with Crippen molar-refractivity contribution in [3.05, 3.63) is 24.2 Å². The van der Waals surface area contributed by atoms with Crippen LogP contribution in [-0.2, 0) is 4.79 Å². The number of carbonyl (C=O) groups excluding carboxylic acids is 2. The van der Waals surface area contributed by atoms with Crippen LogP contribution in [0.15, 0.2) is 23.0 Å². The Morgan fingerprint density at radius 1 is 1.35 bits per heavy atom. The lowest BCUT2D eigenvalue weighted by atomic mass is 9.78. The Morgan fingerprint density at radius 3 is 2.65 bits per heavy atom. The summed E-state index contributed by atoms with van der Waals surface area (Å²) in [5.41, 5.74) is 0.828. The number of rotatable bonds is 3. The minimum Gasteiger partial charge on any atom is -0.472 e. The molecule has 0 bridgehead atoms. The second-order valence-corrected chi connectivity index (χ2v) is 6.46. The molecule has 7 heteroatoms. The summed E-state index contributed by atoms with van der Waals surface area (Å²) in [7, 11) is 0. The molecule has 2 saturated heterocycles. The van der Waals surface area contributed by atoms with Crippen LogP contribution in [0.2, 0.25) is 0 Å². The van der Waals surface area contributed by atoms with Crippen LogP contribution < -0.4 is 10.6 Å². The number of hydrogen-bond acceptors (Lipinski definition) is 4. The summed E-state index contributed by atoms with van der Waals surface area (Å²) >= 11 is 0. The molecule has 2 N–H and O–H groups in total. The number of likely N-dealkylation sites (tertiary alicyclic amines) is 1. The fourth-order valence-corrected chi connectivity index (χ4v) is 3.43. The Hall–Kier alpha value is -1.53. The van der Waals surface area contributed by atoms with Crippen LogP contribution in [0.3, 0.4) is 0 Å². The van der Waals surface area contributed by atoms with Crippen molar-refractivity contribution in [1.29, 1.82) is 0 Å². The number of hydrogen-bond donors (Lipinski definition) is 2. The molecule has 1 aromatic heterocycles. The van der Waals surface area contributed by atoms with Crippen molar-refractivity contribution in [3.8, 4) is 0 Å². The third kappa shape index (κ3) is 3.87. The molecule has 2 fully saturated rings. The van der Waals surface area contributed by atoms with Crippen LogP contribution in [-0.4, -0.2) is 48.9 Å². The van der Waals surface area contributed by atoms with E-state index in [1.165, 1.54) is 18.9 Å². The van der Waals surface area contributed by atoms with Crippen molar-refractivity contribution in [2.75, 3.05) is 26.2 Å². The summed E-state index contributed by atoms with van der Waals surface area (Å²) in [6.07, 6.45) is 6.13. The van der Waals surface area contributed by atoms with Crippen molar-refractivity contribution in [1.82, 2.24) is 15.5 Å². The van der Waals surface area contributed by atoms with Gasteiger partial charge in [-0.2, -0.15) is 0 Å². The van der Waals surface area contributed by atoms with E-state index in [1.54, 1.807) is 13.0 Å². The Bertz CT molecular complexity index is 531. The quantitative estimate of drug-likeness (QED) is 0.872. The van der Waals surface area contributed by atoms with E-state index in [0.29, 0.717) is 11.0 Å². The van der Waals surface area contributed by atoms with Gasteiger partial charge >= 0.3 is 0 Å². The first-order valence-corrected chi connectivity index (χ1v) is 7.92. The van der Waals surface area contributed by atoms with Gasteiger partial charge in [-0.1, -0.05) is 0 Å². The minimum atomic E-state index is -0.516. The van der Waals surface area contributed by atoms with Crippen LogP contribution in [0.25, 0.3) is 0 Å². The van der Waals surface area contributed by atoms with E-state index >= 15 is 0 Å². The SMILES string of the molecule is CC(NC(=O)c1ccoc1)C(=O)N1CCC2(CCNC2)CC1.Cl. The van der Waals surface area contributed by atoms with Gasteiger partial charge in [-0.15, -0.1) is 12.4 Å². The smallest absolute Gasteiger partial charge is 0.255 e. The summed E-state index contributed by atoms with van der Waals surface area (Å²) in [5, 5.41) is 6.16. The summed E-state index contributed by atoms with van der Waals surface area (Å²) in [4.78, 5) is 26.3. The third-order valence-electron chi connectivity index (χ3n) is 4.97. The first-order valence-electron chi connectivity index (χ1n) is 7.92. The van der Waals surface area contributed by atoms with E-state index in [1.807, 2.05) is 4.90 Å². The lowest BCUT2D eigenvalue weighted by Gasteiger charge is -2.39. The predicted octanol–water partition coefficient (Wildman–Crippen LogP) is 1.42. The maximum atomic E-state index is 12.5. The van der Waals surface area contributed by atoms with Crippen LogP contribution in [0.1, 0.15) is 36.5 Å². The monoisotopic (exact) mass is 341 g/mol. The highest BCUT2D eigenvalue weighted by molar-refractivity contribution is 5.97. The van der Waals surface area contributed by atoms with Crippen molar-refractivity contribution in [2.45, 2.75) is 32.2 Å². The van der Waals surface area contributed by atoms with Gasteiger partial charge in [-0.05, 0) is 44.2 Å². The van der Waals surface area contributed by atoms with Crippen LogP contribution >= 0.6 is 12.4 Å². The minimum absolute atomic E-state index is 0. The molecule has 23 heavy (non-hydrogen) atoms. The molecule has 3 rings (SSSR count). The molecule has 2 amide bonds. The second kappa shape index (κ2) is 7.36. The van der Waals surface area contributed by atoms with E-state index in [-0.39, 0.29) is 24.2 Å². The standard InChI is InChI=1S/C16H23N3O3.ClH/c1-12(18-14(20)13-2-9-22-10-13)15(21)19-7-4-16(5-8-19)3-6-17-11-16;/h2,9-10,12,17H,3-8,11H2,1H3,(H,18,20);1H. The first kappa shape index (κ1) is 17.8. The Morgan fingerprint density at radius 2 is 2.09 bits per heavy atom. The van der Waals surface area contributed by atoms with Crippen LogP contribution in [0, 0.1) is 5.41 Å². The maximum absolute atomic E-state index is 12.5. The highest BCUT2D eigenvalue weighted by atomic mass is 35.5. The van der Waals surface area contributed by atoms with Gasteiger partial charge in [-0.3, -0.25) is 9.59 Å². The third-order valence-corrected chi connectivity index (χ3v) is 4.97. The summed E-state index contributed by atoms with van der Waals surface area (Å²) in [6, 6.07) is 1.07. The molecule has 0 radical (unpaired) electrons. The van der Waals surface area contributed by atoms with E-state index < -0.39 is 6.04 Å². The number of furan rings is 1. The maximum Gasteiger partial charge on any atom is 0.255 e. The zero-order valence-corrected chi connectivity index (χ0v) is 14.2. The molecule has 2 aliphatic rings. The molecule has 1 spiro atoms. The second-order valence-electron chi connectivity index (χ2n) is 6.46. The number of amides is 2. The fourth-order valence-electron chi connectivity index (χ4n) is 3.43. The highest BCUT2D eigenvalue weighted by Gasteiger charge is 2.38. The molecule has 1 atom stereocenters. The number of piperidine rings is 1. The van der Waals surface area contributed by atoms with E-state index in [2.05, 4.69) is 10.6 Å². The Kier molecular flexibility index (Phi) is 5.70. The number of carbonyl (C=O) groups is 2. The zero-order chi connectivity index (χ0) is 15.6. The zero-order valence-electron chi connectivity index (χ0n) is 13.3. The summed E-state index contributed by atoms with van der Waals surface area (Å²) in [5.74, 6) is -0.277. The molecule has 1 unspecified atom stereocenters. The molecule has 1 aromatic rings. The average Bonchev–Trinajstić information content (AvgIpc) is 3.19. The van der Waals surface area contributed by atoms with Crippen molar-refractivity contribution in [2.24, 2.45) is 5.41 Å². The molecule has 6 nitrogen and oxygen atoms in total. The molecule has 0 aliphatic carbocycles. The fraction of sp³-hybridized carbons (Fsp3) is 0.625.